The average molecular weight is 357 g/mol. The van der Waals surface area contributed by atoms with Crippen molar-refractivity contribution in [1.82, 2.24) is 14.5 Å². The van der Waals surface area contributed by atoms with Crippen molar-refractivity contribution in [3.05, 3.63) is 21.6 Å². The van der Waals surface area contributed by atoms with Gasteiger partial charge in [0.2, 0.25) is 0 Å². The van der Waals surface area contributed by atoms with Crippen LogP contribution in [0, 0.1) is 5.92 Å². The van der Waals surface area contributed by atoms with Gasteiger partial charge in [-0.2, -0.15) is 0 Å². The summed E-state index contributed by atoms with van der Waals surface area (Å²) in [6.07, 6.45) is 9.34. The fourth-order valence-electron chi connectivity index (χ4n) is 3.34. The Morgan fingerprint density at radius 2 is 2.10 bits per heavy atom. The summed E-state index contributed by atoms with van der Waals surface area (Å²) in [5, 5.41) is 1.49. The Labute approximate surface area is 132 Å². The fraction of sp³-hybridized carbons (Fsp3) is 0.600. The first-order valence-corrected chi connectivity index (χ1v) is 8.56. The maximum atomic E-state index is 6.24. The minimum absolute atomic E-state index is 0.538. The Bertz CT molecular complexity index is 617. The van der Waals surface area contributed by atoms with Gasteiger partial charge in [0.25, 0.3) is 0 Å². The molecule has 0 aromatic carbocycles. The zero-order valence-corrected chi connectivity index (χ0v) is 14.0. The first-order chi connectivity index (χ1) is 9.72. The van der Waals surface area contributed by atoms with Crippen LogP contribution in [0.4, 0.5) is 0 Å². The number of aromatic nitrogens is 3. The Morgan fingerprint density at radius 3 is 2.80 bits per heavy atom. The lowest BCUT2D eigenvalue weighted by Gasteiger charge is -2.13. The number of fused-ring (bicyclic) bond motifs is 1. The summed E-state index contributed by atoms with van der Waals surface area (Å²) < 4.78 is 3.39. The van der Waals surface area contributed by atoms with Crippen molar-refractivity contribution in [2.24, 2.45) is 5.92 Å². The molecule has 0 N–H and O–H groups in total. The SMILES string of the molecule is CCc1c(Br)c2c(Cl)ncnc2n1CCC1CCCC1. The van der Waals surface area contributed by atoms with Gasteiger partial charge < -0.3 is 4.57 Å². The predicted molar refractivity (Wildman–Crippen MR) is 86.2 cm³/mol. The van der Waals surface area contributed by atoms with E-state index >= 15 is 0 Å². The van der Waals surface area contributed by atoms with E-state index in [2.05, 4.69) is 37.4 Å². The average Bonchev–Trinajstić information content (AvgIpc) is 3.04. The summed E-state index contributed by atoms with van der Waals surface area (Å²) in [7, 11) is 0. The highest BCUT2D eigenvalue weighted by Crippen LogP contribution is 2.35. The Morgan fingerprint density at radius 1 is 1.35 bits per heavy atom. The van der Waals surface area contributed by atoms with Gasteiger partial charge >= 0.3 is 0 Å². The molecule has 0 aliphatic heterocycles. The first kappa shape index (κ1) is 14.3. The molecule has 0 bridgehead atoms. The summed E-state index contributed by atoms with van der Waals surface area (Å²) in [5.41, 5.74) is 2.24. The molecule has 0 saturated heterocycles. The zero-order valence-electron chi connectivity index (χ0n) is 11.7. The molecule has 1 aliphatic rings. The molecule has 20 heavy (non-hydrogen) atoms. The Hall–Kier alpha value is -0.610. The fourth-order valence-corrected chi connectivity index (χ4v) is 4.53. The molecule has 2 heterocycles. The number of rotatable bonds is 4. The van der Waals surface area contributed by atoms with Gasteiger partial charge in [-0.25, -0.2) is 9.97 Å². The molecule has 0 spiro atoms. The molecular weight excluding hydrogens is 338 g/mol. The van der Waals surface area contributed by atoms with Gasteiger partial charge in [-0.1, -0.05) is 44.2 Å². The molecule has 0 radical (unpaired) electrons. The standard InChI is InChI=1S/C15H19BrClN3/c1-2-11-13(16)12-14(17)18-9-19-15(12)20(11)8-7-10-5-3-4-6-10/h9-10H,2-8H2,1H3. The monoisotopic (exact) mass is 355 g/mol. The van der Waals surface area contributed by atoms with Crippen LogP contribution in [0.1, 0.15) is 44.7 Å². The molecule has 1 aliphatic carbocycles. The van der Waals surface area contributed by atoms with Crippen LogP contribution in [0.3, 0.4) is 0 Å². The third kappa shape index (κ3) is 2.48. The predicted octanol–water partition coefficient (Wildman–Crippen LogP) is 4.99. The quantitative estimate of drug-likeness (QED) is 0.723. The van der Waals surface area contributed by atoms with Crippen molar-refractivity contribution in [2.45, 2.75) is 52.0 Å². The van der Waals surface area contributed by atoms with Gasteiger partial charge in [0, 0.05) is 12.2 Å². The lowest BCUT2D eigenvalue weighted by molar-refractivity contribution is 0.457. The second-order valence-electron chi connectivity index (χ2n) is 5.57. The molecule has 2 aromatic heterocycles. The van der Waals surface area contributed by atoms with E-state index in [9.17, 15) is 0 Å². The molecule has 0 atom stereocenters. The molecule has 1 fully saturated rings. The van der Waals surface area contributed by atoms with E-state index in [4.69, 9.17) is 11.6 Å². The number of nitrogens with zero attached hydrogens (tertiary/aromatic N) is 3. The molecule has 2 aromatic rings. The van der Waals surface area contributed by atoms with Crippen molar-refractivity contribution in [2.75, 3.05) is 0 Å². The second kappa shape index (κ2) is 6.02. The first-order valence-electron chi connectivity index (χ1n) is 7.39. The number of hydrogen-bond donors (Lipinski definition) is 0. The van der Waals surface area contributed by atoms with E-state index in [1.165, 1.54) is 37.8 Å². The highest BCUT2D eigenvalue weighted by molar-refractivity contribution is 9.10. The highest BCUT2D eigenvalue weighted by Gasteiger charge is 2.20. The third-order valence-electron chi connectivity index (χ3n) is 4.41. The van der Waals surface area contributed by atoms with Gasteiger partial charge in [-0.15, -0.1) is 0 Å². The molecular formula is C15H19BrClN3. The van der Waals surface area contributed by atoms with Crippen molar-refractivity contribution in [3.63, 3.8) is 0 Å². The maximum absolute atomic E-state index is 6.24. The van der Waals surface area contributed by atoms with Gasteiger partial charge in [0.15, 0.2) is 0 Å². The van der Waals surface area contributed by atoms with E-state index in [1.54, 1.807) is 6.33 Å². The topological polar surface area (TPSA) is 30.7 Å². The zero-order chi connectivity index (χ0) is 14.1. The lowest BCUT2D eigenvalue weighted by Crippen LogP contribution is -2.07. The third-order valence-corrected chi connectivity index (χ3v) is 5.55. The van der Waals surface area contributed by atoms with Gasteiger partial charge in [-0.05, 0) is 34.7 Å². The minimum Gasteiger partial charge on any atom is -0.328 e. The van der Waals surface area contributed by atoms with Crippen LogP contribution in [-0.4, -0.2) is 14.5 Å². The molecule has 3 nitrogen and oxygen atoms in total. The summed E-state index contributed by atoms with van der Waals surface area (Å²) >= 11 is 9.92. The van der Waals surface area contributed by atoms with Crippen molar-refractivity contribution in [3.8, 4) is 0 Å². The summed E-state index contributed by atoms with van der Waals surface area (Å²) in [6, 6.07) is 0. The van der Waals surface area contributed by atoms with Gasteiger partial charge in [-0.3, -0.25) is 0 Å². The van der Waals surface area contributed by atoms with Crippen LogP contribution >= 0.6 is 27.5 Å². The Kier molecular flexibility index (Phi) is 4.32. The van der Waals surface area contributed by atoms with E-state index in [0.717, 1.165) is 34.4 Å². The van der Waals surface area contributed by atoms with Crippen LogP contribution in [0.25, 0.3) is 11.0 Å². The van der Waals surface area contributed by atoms with Crippen LogP contribution in [0.15, 0.2) is 10.8 Å². The summed E-state index contributed by atoms with van der Waals surface area (Å²) in [6.45, 7) is 3.20. The van der Waals surface area contributed by atoms with Gasteiger partial charge in [0.05, 0.1) is 9.86 Å². The molecule has 3 rings (SSSR count). The Balaban J connectivity index is 1.97. The van der Waals surface area contributed by atoms with Crippen LogP contribution in [0.5, 0.6) is 0 Å². The summed E-state index contributed by atoms with van der Waals surface area (Å²) in [4.78, 5) is 8.56. The largest absolute Gasteiger partial charge is 0.328 e. The smallest absolute Gasteiger partial charge is 0.146 e. The molecule has 0 amide bonds. The van der Waals surface area contributed by atoms with Gasteiger partial charge in [0.1, 0.15) is 17.1 Å². The van der Waals surface area contributed by atoms with E-state index < -0.39 is 0 Å². The highest BCUT2D eigenvalue weighted by atomic mass is 79.9. The van der Waals surface area contributed by atoms with Crippen LogP contribution < -0.4 is 0 Å². The van der Waals surface area contributed by atoms with Crippen molar-refractivity contribution < 1.29 is 0 Å². The minimum atomic E-state index is 0.538. The van der Waals surface area contributed by atoms with Crippen LogP contribution in [-0.2, 0) is 13.0 Å². The van der Waals surface area contributed by atoms with E-state index in [-0.39, 0.29) is 0 Å². The van der Waals surface area contributed by atoms with Crippen molar-refractivity contribution >= 4 is 38.6 Å². The molecule has 1 saturated carbocycles. The normalized spacial score (nSPS) is 16.4. The molecule has 108 valence electrons. The molecule has 5 heteroatoms. The number of aryl methyl sites for hydroxylation is 1. The van der Waals surface area contributed by atoms with E-state index in [1.807, 2.05) is 0 Å². The maximum Gasteiger partial charge on any atom is 0.146 e. The summed E-state index contributed by atoms with van der Waals surface area (Å²) in [5.74, 6) is 0.883. The number of hydrogen-bond acceptors (Lipinski definition) is 2. The van der Waals surface area contributed by atoms with Crippen LogP contribution in [0.2, 0.25) is 5.15 Å². The number of halogens is 2. The molecule has 0 unspecified atom stereocenters. The second-order valence-corrected chi connectivity index (χ2v) is 6.72. The van der Waals surface area contributed by atoms with Crippen molar-refractivity contribution in [1.29, 1.82) is 0 Å². The van der Waals surface area contributed by atoms with E-state index in [0.29, 0.717) is 5.15 Å². The lowest BCUT2D eigenvalue weighted by atomic mass is 10.0.